The Kier molecular flexibility index (Phi) is 8.35. The molecular weight excluding hydrogens is 264 g/mol. The first-order chi connectivity index (χ1) is 9.33. The number of carboxylic acid groups (broad SMARTS) is 1. The first kappa shape index (κ1) is 18.2. The molecule has 0 aromatic carbocycles. The van der Waals surface area contributed by atoms with Crippen LogP contribution in [0.4, 0.5) is 4.79 Å². The Hall–Kier alpha value is -1.79. The number of carbonyl (C=O) groups excluding carboxylic acids is 2. The van der Waals surface area contributed by atoms with Crippen LogP contribution < -0.4 is 5.32 Å². The van der Waals surface area contributed by atoms with Gasteiger partial charge >= 0.3 is 18.0 Å². The fourth-order valence-corrected chi connectivity index (χ4v) is 1.59. The summed E-state index contributed by atoms with van der Waals surface area (Å²) in [6.07, 6.45) is 1.35. The molecule has 0 rings (SSSR count). The average Bonchev–Trinajstić information content (AvgIpc) is 2.42. The quantitative estimate of drug-likeness (QED) is 0.652. The number of hydrogen-bond donors (Lipinski definition) is 2. The summed E-state index contributed by atoms with van der Waals surface area (Å²) < 4.78 is 4.50. The number of methoxy groups -OCH3 is 1. The zero-order valence-electron chi connectivity index (χ0n) is 12.5. The van der Waals surface area contributed by atoms with Crippen molar-refractivity contribution in [3.8, 4) is 0 Å². The molecule has 2 N–H and O–H groups in total. The predicted molar refractivity (Wildman–Crippen MR) is 73.3 cm³/mol. The molecule has 0 aromatic rings. The molecule has 0 spiro atoms. The summed E-state index contributed by atoms with van der Waals surface area (Å²) in [6.45, 7) is 4.00. The lowest BCUT2D eigenvalue weighted by molar-refractivity contribution is -0.141. The maximum Gasteiger partial charge on any atom is 0.326 e. The van der Waals surface area contributed by atoms with E-state index in [1.54, 1.807) is 14.0 Å². The Balaban J connectivity index is 4.29. The minimum atomic E-state index is -1.05. The van der Waals surface area contributed by atoms with Crippen molar-refractivity contribution in [2.75, 3.05) is 20.7 Å². The summed E-state index contributed by atoms with van der Waals surface area (Å²) in [6, 6.07) is -1.36. The number of ether oxygens (including phenoxy) is 1. The minimum Gasteiger partial charge on any atom is -0.480 e. The zero-order valence-corrected chi connectivity index (χ0v) is 12.5. The van der Waals surface area contributed by atoms with Crippen molar-refractivity contribution < 1.29 is 24.2 Å². The molecule has 0 aliphatic carbocycles. The van der Waals surface area contributed by atoms with Crippen LogP contribution in [0.25, 0.3) is 0 Å². The number of rotatable bonds is 8. The van der Waals surface area contributed by atoms with Gasteiger partial charge in [-0.05, 0) is 12.3 Å². The van der Waals surface area contributed by atoms with Crippen LogP contribution in [-0.4, -0.2) is 54.7 Å². The molecule has 7 heteroatoms. The third-order valence-corrected chi connectivity index (χ3v) is 3.21. The molecule has 2 atom stereocenters. The number of hydrogen-bond acceptors (Lipinski definition) is 4. The van der Waals surface area contributed by atoms with E-state index in [0.29, 0.717) is 19.4 Å². The lowest BCUT2D eigenvalue weighted by atomic mass is 9.99. The van der Waals surface area contributed by atoms with Gasteiger partial charge in [-0.25, -0.2) is 9.59 Å². The number of nitrogens with one attached hydrogen (secondary N) is 1. The summed E-state index contributed by atoms with van der Waals surface area (Å²) in [5.74, 6) is -1.53. The Bertz CT molecular complexity index is 346. The number of nitrogens with zero attached hydrogens (tertiary/aromatic N) is 1. The number of carbonyl (C=O) groups is 3. The van der Waals surface area contributed by atoms with Gasteiger partial charge < -0.3 is 20.1 Å². The van der Waals surface area contributed by atoms with E-state index in [2.05, 4.69) is 10.1 Å². The first-order valence-corrected chi connectivity index (χ1v) is 6.64. The van der Waals surface area contributed by atoms with Crippen LogP contribution in [0.3, 0.4) is 0 Å². The highest BCUT2D eigenvalue weighted by Gasteiger charge is 2.26. The third kappa shape index (κ3) is 6.40. The molecule has 2 amide bonds. The van der Waals surface area contributed by atoms with E-state index in [-0.39, 0.29) is 18.3 Å². The standard InChI is InChI=1S/C13H24N2O5/c1-5-9(2)11(12(17)18)14-13(19)15(3)8-6-7-10(16)20-4/h9,11H,5-8H2,1-4H3,(H,14,19)(H,17,18)/t9-,11-/m0/s1. The minimum absolute atomic E-state index is 0.153. The van der Waals surface area contributed by atoms with Gasteiger partial charge in [0.15, 0.2) is 0 Å². The van der Waals surface area contributed by atoms with Gasteiger partial charge in [-0.2, -0.15) is 0 Å². The van der Waals surface area contributed by atoms with Gasteiger partial charge in [-0.1, -0.05) is 20.3 Å². The number of urea groups is 1. The van der Waals surface area contributed by atoms with Gasteiger partial charge in [0.2, 0.25) is 0 Å². The third-order valence-electron chi connectivity index (χ3n) is 3.21. The van der Waals surface area contributed by atoms with Crippen LogP contribution >= 0.6 is 0 Å². The predicted octanol–water partition coefficient (Wildman–Crippen LogP) is 1.08. The lowest BCUT2D eigenvalue weighted by Gasteiger charge is -2.24. The van der Waals surface area contributed by atoms with Crippen LogP contribution in [0.2, 0.25) is 0 Å². The van der Waals surface area contributed by atoms with Gasteiger partial charge in [0, 0.05) is 20.0 Å². The molecule has 20 heavy (non-hydrogen) atoms. The SMILES string of the molecule is CC[C@H](C)[C@H](NC(=O)N(C)CCCC(=O)OC)C(=O)O. The Labute approximate surface area is 119 Å². The van der Waals surface area contributed by atoms with Gasteiger partial charge in [0.25, 0.3) is 0 Å². The molecule has 0 fully saturated rings. The highest BCUT2D eigenvalue weighted by molar-refractivity contribution is 5.82. The second kappa shape index (κ2) is 9.17. The van der Waals surface area contributed by atoms with E-state index < -0.39 is 18.0 Å². The van der Waals surface area contributed by atoms with E-state index in [4.69, 9.17) is 5.11 Å². The molecule has 0 aliphatic rings. The van der Waals surface area contributed by atoms with Gasteiger partial charge in [-0.15, -0.1) is 0 Å². The van der Waals surface area contributed by atoms with Crippen molar-refractivity contribution in [3.63, 3.8) is 0 Å². The van der Waals surface area contributed by atoms with Crippen molar-refractivity contribution >= 4 is 18.0 Å². The van der Waals surface area contributed by atoms with Crippen LogP contribution in [0.1, 0.15) is 33.1 Å². The molecule has 0 saturated heterocycles. The zero-order chi connectivity index (χ0) is 15.7. The van der Waals surface area contributed by atoms with Crippen molar-refractivity contribution in [2.45, 2.75) is 39.2 Å². The Morgan fingerprint density at radius 2 is 1.95 bits per heavy atom. The summed E-state index contributed by atoms with van der Waals surface area (Å²) >= 11 is 0. The topological polar surface area (TPSA) is 95.9 Å². The van der Waals surface area contributed by atoms with Crippen molar-refractivity contribution in [1.82, 2.24) is 10.2 Å². The fraction of sp³-hybridized carbons (Fsp3) is 0.769. The summed E-state index contributed by atoms with van der Waals surface area (Å²) in [7, 11) is 2.87. The summed E-state index contributed by atoms with van der Waals surface area (Å²) in [5, 5.41) is 11.6. The van der Waals surface area contributed by atoms with E-state index in [9.17, 15) is 14.4 Å². The monoisotopic (exact) mass is 288 g/mol. The molecule has 0 bridgehead atoms. The van der Waals surface area contributed by atoms with Crippen LogP contribution in [0.15, 0.2) is 0 Å². The molecular formula is C13H24N2O5. The average molecular weight is 288 g/mol. The molecule has 0 heterocycles. The van der Waals surface area contributed by atoms with Gasteiger partial charge in [0.05, 0.1) is 7.11 Å². The maximum atomic E-state index is 11.9. The van der Waals surface area contributed by atoms with Crippen LogP contribution in [0, 0.1) is 5.92 Å². The second-order valence-corrected chi connectivity index (χ2v) is 4.75. The fourth-order valence-electron chi connectivity index (χ4n) is 1.59. The molecule has 0 aromatic heterocycles. The van der Waals surface area contributed by atoms with Crippen LogP contribution in [0.5, 0.6) is 0 Å². The molecule has 0 saturated carbocycles. The molecule has 0 radical (unpaired) electrons. The van der Waals surface area contributed by atoms with Crippen molar-refractivity contribution in [2.24, 2.45) is 5.92 Å². The Morgan fingerprint density at radius 3 is 2.40 bits per heavy atom. The Morgan fingerprint density at radius 1 is 1.35 bits per heavy atom. The van der Waals surface area contributed by atoms with E-state index in [1.807, 2.05) is 6.92 Å². The van der Waals surface area contributed by atoms with E-state index in [0.717, 1.165) is 0 Å². The molecule has 7 nitrogen and oxygen atoms in total. The lowest BCUT2D eigenvalue weighted by Crippen LogP contribution is -2.49. The number of aliphatic carboxylic acids is 1. The van der Waals surface area contributed by atoms with E-state index in [1.165, 1.54) is 12.0 Å². The first-order valence-electron chi connectivity index (χ1n) is 6.64. The summed E-state index contributed by atoms with van der Waals surface area (Å²) in [4.78, 5) is 35.3. The van der Waals surface area contributed by atoms with Gasteiger partial charge in [-0.3, -0.25) is 4.79 Å². The second-order valence-electron chi connectivity index (χ2n) is 4.75. The van der Waals surface area contributed by atoms with Crippen molar-refractivity contribution in [3.05, 3.63) is 0 Å². The molecule has 116 valence electrons. The van der Waals surface area contributed by atoms with Gasteiger partial charge in [0.1, 0.15) is 6.04 Å². The largest absolute Gasteiger partial charge is 0.480 e. The molecule has 0 aliphatic heterocycles. The number of amides is 2. The highest BCUT2D eigenvalue weighted by Crippen LogP contribution is 2.08. The number of esters is 1. The maximum absolute atomic E-state index is 11.9. The number of carboxylic acids is 1. The smallest absolute Gasteiger partial charge is 0.326 e. The highest BCUT2D eigenvalue weighted by atomic mass is 16.5. The molecule has 0 unspecified atom stereocenters. The van der Waals surface area contributed by atoms with E-state index >= 15 is 0 Å². The summed E-state index contributed by atoms with van der Waals surface area (Å²) in [5.41, 5.74) is 0. The normalized spacial score (nSPS) is 13.2. The van der Waals surface area contributed by atoms with Crippen molar-refractivity contribution in [1.29, 1.82) is 0 Å². The van der Waals surface area contributed by atoms with Crippen LogP contribution in [-0.2, 0) is 14.3 Å².